The molecular formula is C22H36IN7S. The van der Waals surface area contributed by atoms with Gasteiger partial charge in [-0.1, -0.05) is 25.8 Å². The third kappa shape index (κ3) is 6.89. The molecular weight excluding hydrogens is 521 g/mol. The minimum absolute atomic E-state index is 0. The van der Waals surface area contributed by atoms with Gasteiger partial charge in [0.05, 0.1) is 12.6 Å². The Morgan fingerprint density at radius 2 is 2.06 bits per heavy atom. The van der Waals surface area contributed by atoms with Crippen molar-refractivity contribution in [1.82, 2.24) is 30.3 Å². The lowest BCUT2D eigenvalue weighted by Crippen LogP contribution is -2.44. The summed E-state index contributed by atoms with van der Waals surface area (Å²) in [5, 5.41) is 17.7. The number of nitrogens with one attached hydrogen (secondary N) is 2. The van der Waals surface area contributed by atoms with E-state index in [0.717, 1.165) is 37.8 Å². The molecule has 0 spiro atoms. The summed E-state index contributed by atoms with van der Waals surface area (Å²) >= 11 is 1.85. The van der Waals surface area contributed by atoms with Crippen molar-refractivity contribution < 1.29 is 0 Å². The third-order valence-electron chi connectivity index (χ3n) is 6.23. The topological polar surface area (TPSA) is 70.4 Å². The summed E-state index contributed by atoms with van der Waals surface area (Å²) < 4.78 is 2.12. The molecule has 9 heteroatoms. The van der Waals surface area contributed by atoms with Crippen molar-refractivity contribution in [3.8, 4) is 0 Å². The molecule has 3 heterocycles. The first-order chi connectivity index (χ1) is 14.8. The summed E-state index contributed by atoms with van der Waals surface area (Å²) in [7, 11) is 0. The van der Waals surface area contributed by atoms with E-state index in [1.54, 1.807) is 0 Å². The number of halogens is 1. The first-order valence-electron chi connectivity index (χ1n) is 11.5. The van der Waals surface area contributed by atoms with Crippen LogP contribution in [0.3, 0.4) is 0 Å². The fraction of sp³-hybridized carbons (Fsp3) is 0.682. The predicted molar refractivity (Wildman–Crippen MR) is 138 cm³/mol. The molecule has 172 valence electrons. The molecule has 1 aliphatic carbocycles. The highest BCUT2D eigenvalue weighted by atomic mass is 127. The molecule has 0 aromatic carbocycles. The zero-order chi connectivity index (χ0) is 20.6. The van der Waals surface area contributed by atoms with Gasteiger partial charge in [-0.2, -0.15) is 0 Å². The van der Waals surface area contributed by atoms with Crippen LogP contribution in [-0.2, 0) is 13.0 Å². The van der Waals surface area contributed by atoms with E-state index < -0.39 is 0 Å². The second-order valence-electron chi connectivity index (χ2n) is 8.31. The Labute approximate surface area is 207 Å². The van der Waals surface area contributed by atoms with Gasteiger partial charge in [-0.15, -0.1) is 45.5 Å². The Morgan fingerprint density at radius 3 is 2.77 bits per heavy atom. The van der Waals surface area contributed by atoms with Crippen LogP contribution in [0.1, 0.15) is 62.2 Å². The van der Waals surface area contributed by atoms with Crippen LogP contribution in [0.5, 0.6) is 0 Å². The summed E-state index contributed by atoms with van der Waals surface area (Å²) in [4.78, 5) is 9.10. The molecule has 4 rings (SSSR count). The van der Waals surface area contributed by atoms with E-state index in [2.05, 4.69) is 54.7 Å². The monoisotopic (exact) mass is 557 g/mol. The fourth-order valence-electron chi connectivity index (χ4n) is 4.55. The Bertz CT molecular complexity index is 780. The van der Waals surface area contributed by atoms with Crippen molar-refractivity contribution in [1.29, 1.82) is 0 Å². The maximum absolute atomic E-state index is 5.07. The molecule has 2 fully saturated rings. The Hall–Kier alpha value is -1.20. The van der Waals surface area contributed by atoms with Crippen molar-refractivity contribution in [2.45, 2.75) is 70.5 Å². The number of aliphatic imine (C=N–C) groups is 1. The summed E-state index contributed by atoms with van der Waals surface area (Å²) in [5.74, 6) is 1.99. The van der Waals surface area contributed by atoms with Crippen LogP contribution in [0.25, 0.3) is 0 Å². The maximum Gasteiger partial charge on any atom is 0.191 e. The molecule has 2 N–H and O–H groups in total. The number of aryl methyl sites for hydroxylation is 1. The summed E-state index contributed by atoms with van der Waals surface area (Å²) in [6, 6.07) is 5.36. The van der Waals surface area contributed by atoms with Gasteiger partial charge in [0.25, 0.3) is 0 Å². The number of aromatic nitrogens is 3. The van der Waals surface area contributed by atoms with Crippen molar-refractivity contribution >= 4 is 41.3 Å². The molecule has 2 aromatic heterocycles. The standard InChI is InChI=1S/C22H35N7S.HI/c1-2-21-27-25-17-29(21)14-11-23-22(26-18-8-3-4-9-18)24-16-19(20-10-7-15-30-20)28-12-5-6-13-28;/h7,10,15,17-19H,2-6,8-9,11-14,16H2,1H3,(H2,23,24,26);1H. The Morgan fingerprint density at radius 1 is 1.26 bits per heavy atom. The third-order valence-corrected chi connectivity index (χ3v) is 7.20. The largest absolute Gasteiger partial charge is 0.355 e. The van der Waals surface area contributed by atoms with E-state index in [0.29, 0.717) is 12.1 Å². The van der Waals surface area contributed by atoms with Gasteiger partial charge in [-0.3, -0.25) is 9.89 Å². The number of hydrogen-bond donors (Lipinski definition) is 2. The van der Waals surface area contributed by atoms with Crippen molar-refractivity contribution in [3.05, 3.63) is 34.5 Å². The van der Waals surface area contributed by atoms with Gasteiger partial charge in [-0.05, 0) is 50.2 Å². The second kappa shape index (κ2) is 12.7. The van der Waals surface area contributed by atoms with E-state index in [4.69, 9.17) is 4.99 Å². The predicted octanol–water partition coefficient (Wildman–Crippen LogP) is 3.83. The Balaban J connectivity index is 0.00000272. The van der Waals surface area contributed by atoms with E-state index in [1.165, 1.54) is 56.5 Å². The lowest BCUT2D eigenvalue weighted by atomic mass is 10.2. The van der Waals surface area contributed by atoms with Gasteiger partial charge in [0, 0.05) is 30.4 Å². The molecule has 0 bridgehead atoms. The van der Waals surface area contributed by atoms with Crippen LogP contribution in [0.15, 0.2) is 28.8 Å². The van der Waals surface area contributed by atoms with E-state index in [9.17, 15) is 0 Å². The molecule has 0 amide bonds. The molecule has 0 radical (unpaired) electrons. The summed E-state index contributed by atoms with van der Waals surface area (Å²) in [5.41, 5.74) is 0. The fourth-order valence-corrected chi connectivity index (χ4v) is 5.40. The quantitative estimate of drug-likeness (QED) is 0.279. The number of nitrogens with zero attached hydrogens (tertiary/aromatic N) is 5. The first kappa shape index (κ1) is 24.4. The highest BCUT2D eigenvalue weighted by Gasteiger charge is 2.24. The minimum Gasteiger partial charge on any atom is -0.355 e. The van der Waals surface area contributed by atoms with Crippen LogP contribution < -0.4 is 10.6 Å². The van der Waals surface area contributed by atoms with Gasteiger partial charge >= 0.3 is 0 Å². The van der Waals surface area contributed by atoms with Gasteiger partial charge in [0.1, 0.15) is 12.2 Å². The van der Waals surface area contributed by atoms with E-state index in [-0.39, 0.29) is 24.0 Å². The summed E-state index contributed by atoms with van der Waals surface area (Å²) in [6.07, 6.45) is 10.4. The van der Waals surface area contributed by atoms with Gasteiger partial charge in [0.15, 0.2) is 5.96 Å². The highest BCUT2D eigenvalue weighted by Crippen LogP contribution is 2.28. The zero-order valence-electron chi connectivity index (χ0n) is 18.5. The highest BCUT2D eigenvalue weighted by molar-refractivity contribution is 14.0. The van der Waals surface area contributed by atoms with Crippen molar-refractivity contribution in [2.75, 3.05) is 26.2 Å². The smallest absolute Gasteiger partial charge is 0.191 e. The molecule has 1 saturated carbocycles. The van der Waals surface area contributed by atoms with E-state index >= 15 is 0 Å². The normalized spacial score (nSPS) is 18.8. The molecule has 1 aliphatic heterocycles. The van der Waals surface area contributed by atoms with Crippen LogP contribution in [-0.4, -0.2) is 57.8 Å². The van der Waals surface area contributed by atoms with Crippen LogP contribution in [0.2, 0.25) is 0 Å². The number of thiophene rings is 1. The minimum atomic E-state index is 0. The summed E-state index contributed by atoms with van der Waals surface area (Å²) in [6.45, 7) is 6.95. The zero-order valence-corrected chi connectivity index (χ0v) is 21.6. The SMILES string of the molecule is CCc1nncn1CCNC(=NCC(c1cccs1)N1CCCC1)NC1CCCC1.I. The van der Waals surface area contributed by atoms with Crippen LogP contribution >= 0.6 is 35.3 Å². The molecule has 2 aliphatic rings. The number of rotatable bonds is 9. The van der Waals surface area contributed by atoms with Gasteiger partial charge in [-0.25, -0.2) is 0 Å². The maximum atomic E-state index is 5.07. The van der Waals surface area contributed by atoms with Crippen LogP contribution in [0, 0.1) is 0 Å². The van der Waals surface area contributed by atoms with E-state index in [1.807, 2.05) is 17.7 Å². The molecule has 7 nitrogen and oxygen atoms in total. The average molecular weight is 558 g/mol. The van der Waals surface area contributed by atoms with Crippen molar-refractivity contribution in [2.24, 2.45) is 4.99 Å². The lowest BCUT2D eigenvalue weighted by Gasteiger charge is -2.26. The number of guanidine groups is 1. The average Bonchev–Trinajstić information content (AvgIpc) is 3.56. The molecule has 31 heavy (non-hydrogen) atoms. The molecule has 1 unspecified atom stereocenters. The number of likely N-dealkylation sites (tertiary alicyclic amines) is 1. The molecule has 1 atom stereocenters. The number of hydrogen-bond acceptors (Lipinski definition) is 5. The van der Waals surface area contributed by atoms with Crippen molar-refractivity contribution in [3.63, 3.8) is 0 Å². The first-order valence-corrected chi connectivity index (χ1v) is 12.4. The molecule has 2 aromatic rings. The van der Waals surface area contributed by atoms with Gasteiger partial charge in [0.2, 0.25) is 0 Å². The Kier molecular flexibility index (Phi) is 10.0. The van der Waals surface area contributed by atoms with Gasteiger partial charge < -0.3 is 15.2 Å². The molecule has 1 saturated heterocycles. The lowest BCUT2D eigenvalue weighted by molar-refractivity contribution is 0.255. The second-order valence-corrected chi connectivity index (χ2v) is 9.29. The van der Waals surface area contributed by atoms with Crippen LogP contribution in [0.4, 0.5) is 0 Å².